The molecule has 2 aliphatic rings. The van der Waals surface area contributed by atoms with Crippen LogP contribution in [-0.2, 0) is 4.79 Å². The minimum atomic E-state index is -0.157. The Morgan fingerprint density at radius 2 is 1.96 bits per heavy atom. The summed E-state index contributed by atoms with van der Waals surface area (Å²) < 4.78 is 16.7. The van der Waals surface area contributed by atoms with Crippen molar-refractivity contribution in [1.29, 1.82) is 0 Å². The molecule has 2 heterocycles. The summed E-state index contributed by atoms with van der Waals surface area (Å²) in [6.07, 6.45) is 3.51. The van der Waals surface area contributed by atoms with Crippen molar-refractivity contribution in [3.8, 4) is 17.2 Å². The molecular weight excluding hydrogens is 382 g/mol. The Morgan fingerprint density at radius 3 is 2.74 bits per heavy atom. The smallest absolute Gasteiger partial charge is 0.270 e. The van der Waals surface area contributed by atoms with Gasteiger partial charge in [-0.05, 0) is 35.9 Å². The molecule has 0 radical (unpaired) electrons. The van der Waals surface area contributed by atoms with Crippen molar-refractivity contribution >= 4 is 46.0 Å². The number of amides is 1. The van der Waals surface area contributed by atoms with Crippen LogP contribution in [-0.4, -0.2) is 23.6 Å². The molecule has 5 nitrogen and oxygen atoms in total. The van der Waals surface area contributed by atoms with E-state index in [9.17, 15) is 4.79 Å². The van der Waals surface area contributed by atoms with Gasteiger partial charge in [-0.25, -0.2) is 0 Å². The number of rotatable bonds is 5. The molecule has 27 heavy (non-hydrogen) atoms. The minimum Gasteiger partial charge on any atom is -0.490 e. The maximum absolute atomic E-state index is 12.9. The first-order chi connectivity index (χ1) is 13.2. The van der Waals surface area contributed by atoms with Gasteiger partial charge < -0.3 is 14.2 Å². The summed E-state index contributed by atoms with van der Waals surface area (Å²) in [6.45, 7) is 4.26. The Balaban J connectivity index is 1.55. The standard InChI is InChI=1S/C20H15NO4S2/c1-2-9-23-15-6-3-13(4-7-15)10-18-19(22)21(20(26)27-18)14-5-8-16-17(11-14)25-12-24-16/h2-8,10-11H,1,9,12H2/b18-10-. The number of hydrogen-bond donors (Lipinski definition) is 0. The second-order valence-corrected chi connectivity index (χ2v) is 7.40. The van der Waals surface area contributed by atoms with E-state index in [-0.39, 0.29) is 12.7 Å². The highest BCUT2D eigenvalue weighted by atomic mass is 32.2. The number of benzene rings is 2. The van der Waals surface area contributed by atoms with E-state index in [4.69, 9.17) is 26.4 Å². The van der Waals surface area contributed by atoms with Gasteiger partial charge in [0.25, 0.3) is 5.91 Å². The van der Waals surface area contributed by atoms with Crippen LogP contribution < -0.4 is 19.1 Å². The van der Waals surface area contributed by atoms with E-state index in [1.54, 1.807) is 24.3 Å². The van der Waals surface area contributed by atoms with Gasteiger partial charge in [0.05, 0.1) is 10.6 Å². The van der Waals surface area contributed by atoms with Crippen molar-refractivity contribution in [1.82, 2.24) is 0 Å². The Morgan fingerprint density at radius 1 is 1.19 bits per heavy atom. The third kappa shape index (κ3) is 3.56. The molecule has 2 aromatic carbocycles. The third-order valence-corrected chi connectivity index (χ3v) is 5.26. The number of anilines is 1. The van der Waals surface area contributed by atoms with Crippen LogP contribution in [0.25, 0.3) is 6.08 Å². The van der Waals surface area contributed by atoms with E-state index in [2.05, 4.69) is 6.58 Å². The molecule has 7 heteroatoms. The number of hydrogen-bond acceptors (Lipinski definition) is 6. The maximum Gasteiger partial charge on any atom is 0.270 e. The van der Waals surface area contributed by atoms with Crippen molar-refractivity contribution in [2.45, 2.75) is 0 Å². The molecule has 0 saturated carbocycles. The van der Waals surface area contributed by atoms with Crippen molar-refractivity contribution < 1.29 is 19.0 Å². The number of thioether (sulfide) groups is 1. The van der Waals surface area contributed by atoms with E-state index in [1.165, 1.54) is 16.7 Å². The van der Waals surface area contributed by atoms with Gasteiger partial charge in [0, 0.05) is 6.07 Å². The van der Waals surface area contributed by atoms with Crippen LogP contribution in [0.3, 0.4) is 0 Å². The number of carbonyl (C=O) groups is 1. The van der Waals surface area contributed by atoms with Crippen molar-refractivity contribution in [2.75, 3.05) is 18.3 Å². The second-order valence-electron chi connectivity index (χ2n) is 5.72. The third-order valence-electron chi connectivity index (χ3n) is 3.95. The van der Waals surface area contributed by atoms with Crippen LogP contribution in [0.5, 0.6) is 17.2 Å². The number of fused-ring (bicyclic) bond motifs is 1. The summed E-state index contributed by atoms with van der Waals surface area (Å²) in [5.74, 6) is 1.87. The van der Waals surface area contributed by atoms with Crippen LogP contribution >= 0.6 is 24.0 Å². The normalized spacial score (nSPS) is 16.9. The van der Waals surface area contributed by atoms with E-state index >= 15 is 0 Å². The Bertz CT molecular complexity index is 953. The predicted molar refractivity (Wildman–Crippen MR) is 110 cm³/mol. The molecule has 1 fully saturated rings. The van der Waals surface area contributed by atoms with Crippen LogP contribution in [0.15, 0.2) is 60.0 Å². The molecule has 0 bridgehead atoms. The molecule has 0 unspecified atom stereocenters. The fourth-order valence-electron chi connectivity index (χ4n) is 2.68. The monoisotopic (exact) mass is 397 g/mol. The fourth-order valence-corrected chi connectivity index (χ4v) is 3.98. The minimum absolute atomic E-state index is 0.157. The number of carbonyl (C=O) groups excluding carboxylic acids is 1. The van der Waals surface area contributed by atoms with Crippen LogP contribution in [0, 0.1) is 0 Å². The van der Waals surface area contributed by atoms with Gasteiger partial charge in [0.15, 0.2) is 15.8 Å². The summed E-state index contributed by atoms with van der Waals surface area (Å²) >= 11 is 6.69. The van der Waals surface area contributed by atoms with Crippen molar-refractivity contribution in [3.05, 3.63) is 65.6 Å². The molecule has 2 aliphatic heterocycles. The zero-order valence-electron chi connectivity index (χ0n) is 14.2. The number of ether oxygens (including phenoxy) is 3. The number of thiocarbonyl (C=S) groups is 1. The SMILES string of the molecule is C=CCOc1ccc(/C=C2\SC(=S)N(c3ccc4c(c3)OCO4)C2=O)cc1. The van der Waals surface area contributed by atoms with E-state index in [1.807, 2.05) is 30.3 Å². The van der Waals surface area contributed by atoms with Gasteiger partial charge >= 0.3 is 0 Å². The summed E-state index contributed by atoms with van der Waals surface area (Å²) in [5, 5.41) is 0. The number of nitrogens with zero attached hydrogens (tertiary/aromatic N) is 1. The molecule has 1 amide bonds. The Kier molecular flexibility index (Phi) is 4.87. The summed E-state index contributed by atoms with van der Waals surface area (Å²) in [4.78, 5) is 14.9. The highest BCUT2D eigenvalue weighted by molar-refractivity contribution is 8.27. The topological polar surface area (TPSA) is 48.0 Å². The summed E-state index contributed by atoms with van der Waals surface area (Å²) in [6, 6.07) is 12.8. The molecule has 1 saturated heterocycles. The van der Waals surface area contributed by atoms with Crippen LogP contribution in [0.1, 0.15) is 5.56 Å². The molecular formula is C20H15NO4S2. The lowest BCUT2D eigenvalue weighted by Gasteiger charge is -2.14. The van der Waals surface area contributed by atoms with Gasteiger partial charge in [-0.1, -0.05) is 48.8 Å². The Labute approximate surface area is 166 Å². The molecule has 0 aromatic heterocycles. The first-order valence-corrected chi connectivity index (χ1v) is 9.39. The van der Waals surface area contributed by atoms with Crippen molar-refractivity contribution in [2.24, 2.45) is 0 Å². The van der Waals surface area contributed by atoms with Crippen LogP contribution in [0.2, 0.25) is 0 Å². The zero-order valence-corrected chi connectivity index (χ0v) is 15.8. The molecule has 4 rings (SSSR count). The zero-order chi connectivity index (χ0) is 18.8. The summed E-state index contributed by atoms with van der Waals surface area (Å²) in [5.41, 5.74) is 1.56. The van der Waals surface area contributed by atoms with E-state index in [0.717, 1.165) is 11.3 Å². The van der Waals surface area contributed by atoms with Gasteiger partial charge in [-0.3, -0.25) is 9.69 Å². The Hall–Kier alpha value is -2.77. The second kappa shape index (κ2) is 7.46. The summed E-state index contributed by atoms with van der Waals surface area (Å²) in [7, 11) is 0. The fraction of sp³-hybridized carbons (Fsp3) is 0.100. The lowest BCUT2D eigenvalue weighted by atomic mass is 10.2. The predicted octanol–water partition coefficient (Wildman–Crippen LogP) is 4.39. The highest BCUT2D eigenvalue weighted by Gasteiger charge is 2.34. The van der Waals surface area contributed by atoms with Gasteiger partial charge in [-0.15, -0.1) is 0 Å². The molecule has 2 aromatic rings. The molecule has 0 atom stereocenters. The van der Waals surface area contributed by atoms with Gasteiger partial charge in [0.1, 0.15) is 12.4 Å². The first kappa shape index (κ1) is 17.6. The molecule has 0 N–H and O–H groups in total. The quantitative estimate of drug-likeness (QED) is 0.424. The van der Waals surface area contributed by atoms with Crippen LogP contribution in [0.4, 0.5) is 5.69 Å². The van der Waals surface area contributed by atoms with Gasteiger partial charge in [0.2, 0.25) is 6.79 Å². The van der Waals surface area contributed by atoms with E-state index < -0.39 is 0 Å². The largest absolute Gasteiger partial charge is 0.490 e. The van der Waals surface area contributed by atoms with Gasteiger partial charge in [-0.2, -0.15) is 0 Å². The first-order valence-electron chi connectivity index (χ1n) is 8.17. The average molecular weight is 397 g/mol. The highest BCUT2D eigenvalue weighted by Crippen LogP contribution is 2.40. The molecule has 0 aliphatic carbocycles. The average Bonchev–Trinajstić information content (AvgIpc) is 3.25. The van der Waals surface area contributed by atoms with Crippen molar-refractivity contribution in [3.63, 3.8) is 0 Å². The lowest BCUT2D eigenvalue weighted by molar-refractivity contribution is -0.113. The van der Waals surface area contributed by atoms with E-state index in [0.29, 0.717) is 33.0 Å². The molecule has 0 spiro atoms. The molecule has 136 valence electrons. The lowest BCUT2D eigenvalue weighted by Crippen LogP contribution is -2.27. The maximum atomic E-state index is 12.9.